The molecule has 0 bridgehead atoms. The summed E-state index contributed by atoms with van der Waals surface area (Å²) in [5, 5.41) is 0. The monoisotopic (exact) mass is 318 g/mol. The average Bonchev–Trinajstić information content (AvgIpc) is 2.63. The predicted octanol–water partition coefficient (Wildman–Crippen LogP) is -2.60. The van der Waals surface area contributed by atoms with Crippen molar-refractivity contribution in [2.45, 2.75) is 26.7 Å². The van der Waals surface area contributed by atoms with Crippen LogP contribution in [-0.2, 0) is 26.2 Å². The van der Waals surface area contributed by atoms with Gasteiger partial charge in [-0.2, -0.15) is 12.2 Å². The Labute approximate surface area is 125 Å². The van der Waals surface area contributed by atoms with Crippen molar-refractivity contribution in [3.05, 3.63) is 47.6 Å². The summed E-state index contributed by atoms with van der Waals surface area (Å²) >= 11 is 0. The molecule has 0 aromatic heterocycles. The Morgan fingerprint density at radius 3 is 1.27 bits per heavy atom. The first-order valence-corrected chi connectivity index (χ1v) is 4.26. The fraction of sp³-hybridized carbons (Fsp3) is 0.333. The molecule has 3 heteroatoms. The zero-order valence-electron chi connectivity index (χ0n) is 8.98. The Hall–Kier alpha value is 0.423. The van der Waals surface area contributed by atoms with Gasteiger partial charge in [0.25, 0.3) is 0 Å². The maximum absolute atomic E-state index is 3.05. The topological polar surface area (TPSA) is 0 Å². The van der Waals surface area contributed by atoms with Gasteiger partial charge in [0, 0.05) is 0 Å². The molecule has 0 atom stereocenters. The molecule has 0 unspecified atom stereocenters. The van der Waals surface area contributed by atoms with Gasteiger partial charge < -0.3 is 24.8 Å². The molecule has 0 aromatic carbocycles. The van der Waals surface area contributed by atoms with E-state index in [4.69, 9.17) is 0 Å². The van der Waals surface area contributed by atoms with Gasteiger partial charge in [-0.1, -0.05) is 0 Å². The van der Waals surface area contributed by atoms with Crippen molar-refractivity contribution in [1.29, 1.82) is 0 Å². The van der Waals surface area contributed by atoms with Crippen molar-refractivity contribution in [3.8, 4) is 0 Å². The molecule has 0 radical (unpaired) electrons. The van der Waals surface area contributed by atoms with Crippen LogP contribution in [-0.4, -0.2) is 0 Å². The summed E-state index contributed by atoms with van der Waals surface area (Å²) < 4.78 is 0. The van der Waals surface area contributed by atoms with E-state index in [1.54, 1.807) is 0 Å². The van der Waals surface area contributed by atoms with Crippen LogP contribution < -0.4 is 24.8 Å². The fourth-order valence-corrected chi connectivity index (χ4v) is 0.998. The van der Waals surface area contributed by atoms with Crippen LogP contribution in [0.1, 0.15) is 26.7 Å². The van der Waals surface area contributed by atoms with Gasteiger partial charge in [-0.3, -0.25) is 12.2 Å². The van der Waals surface area contributed by atoms with Crippen LogP contribution in [0.25, 0.3) is 0 Å². The summed E-state index contributed by atoms with van der Waals surface area (Å²) in [5.41, 5.74) is 2.69. The minimum Gasteiger partial charge on any atom is -1.00 e. The van der Waals surface area contributed by atoms with Crippen molar-refractivity contribution in [2.75, 3.05) is 0 Å². The van der Waals surface area contributed by atoms with Gasteiger partial charge in [-0.15, -0.1) is 26.7 Å². The van der Waals surface area contributed by atoms with Crippen LogP contribution in [0.5, 0.6) is 0 Å². The molecule has 0 aliphatic heterocycles. The maximum Gasteiger partial charge on any atom is 4.00 e. The Morgan fingerprint density at radius 2 is 1.20 bits per heavy atom. The molecule has 2 aliphatic rings. The minimum atomic E-state index is 0. The molecule has 0 amide bonds. The standard InChI is InChI=1S/2C6H7.2ClH.Zr/c2*1-6-4-2-3-5-6;;;/h2*4-5H,2H2,1H3;2*1H;/q2*-1;;;+4/p-2. The van der Waals surface area contributed by atoms with Crippen LogP contribution >= 0.6 is 0 Å². The average molecular weight is 320 g/mol. The van der Waals surface area contributed by atoms with E-state index in [1.807, 2.05) is 12.2 Å². The van der Waals surface area contributed by atoms with E-state index in [2.05, 4.69) is 38.2 Å². The first kappa shape index (κ1) is 20.8. The molecular formula is C12H14Cl2Zr. The van der Waals surface area contributed by atoms with Gasteiger partial charge in [0.15, 0.2) is 0 Å². The molecular weight excluding hydrogens is 306 g/mol. The van der Waals surface area contributed by atoms with E-state index in [1.165, 1.54) is 11.1 Å². The van der Waals surface area contributed by atoms with Crippen molar-refractivity contribution < 1.29 is 51.0 Å². The molecule has 2 aliphatic carbocycles. The molecule has 15 heavy (non-hydrogen) atoms. The van der Waals surface area contributed by atoms with Gasteiger partial charge >= 0.3 is 26.2 Å². The molecule has 0 saturated carbocycles. The quantitative estimate of drug-likeness (QED) is 0.430. The van der Waals surface area contributed by atoms with Gasteiger partial charge in [-0.25, -0.2) is 23.3 Å². The second kappa shape index (κ2) is 12.5. The van der Waals surface area contributed by atoms with Crippen molar-refractivity contribution in [3.63, 3.8) is 0 Å². The summed E-state index contributed by atoms with van der Waals surface area (Å²) in [5.74, 6) is 0. The zero-order valence-corrected chi connectivity index (χ0v) is 12.9. The van der Waals surface area contributed by atoms with Crippen LogP contribution in [0.2, 0.25) is 0 Å². The molecule has 0 nitrogen and oxygen atoms in total. The third kappa shape index (κ3) is 10.7. The Bertz CT molecular complexity index is 229. The molecule has 2 rings (SSSR count). The molecule has 0 aromatic rings. The van der Waals surface area contributed by atoms with Gasteiger partial charge in [0.1, 0.15) is 0 Å². The van der Waals surface area contributed by atoms with Crippen molar-refractivity contribution in [1.82, 2.24) is 0 Å². The van der Waals surface area contributed by atoms with Crippen LogP contribution in [0.3, 0.4) is 0 Å². The van der Waals surface area contributed by atoms with E-state index >= 15 is 0 Å². The van der Waals surface area contributed by atoms with Crippen LogP contribution in [0, 0.1) is 12.2 Å². The number of rotatable bonds is 0. The van der Waals surface area contributed by atoms with E-state index in [9.17, 15) is 0 Å². The largest absolute Gasteiger partial charge is 4.00 e. The summed E-state index contributed by atoms with van der Waals surface area (Å²) in [7, 11) is 0. The van der Waals surface area contributed by atoms with Gasteiger partial charge in [0.2, 0.25) is 0 Å². The zero-order chi connectivity index (χ0) is 8.81. The number of hydrogen-bond acceptors (Lipinski definition) is 0. The maximum atomic E-state index is 3.05. The predicted molar refractivity (Wildman–Crippen MR) is 52.4 cm³/mol. The van der Waals surface area contributed by atoms with E-state index in [0.29, 0.717) is 0 Å². The van der Waals surface area contributed by atoms with E-state index < -0.39 is 0 Å². The first-order valence-electron chi connectivity index (χ1n) is 4.26. The molecule has 0 spiro atoms. The molecule has 80 valence electrons. The second-order valence-electron chi connectivity index (χ2n) is 3.00. The smallest absolute Gasteiger partial charge is 1.00 e. The number of halogens is 2. The van der Waals surface area contributed by atoms with E-state index in [0.717, 1.165) is 12.8 Å². The molecule has 0 heterocycles. The number of hydrogen-bond donors (Lipinski definition) is 0. The number of allylic oxidation sites excluding steroid dienone is 8. The van der Waals surface area contributed by atoms with Crippen molar-refractivity contribution in [2.24, 2.45) is 0 Å². The fourth-order valence-electron chi connectivity index (χ4n) is 0.998. The first-order chi connectivity index (χ1) is 5.79. The van der Waals surface area contributed by atoms with Crippen molar-refractivity contribution >= 4 is 0 Å². The molecule has 0 saturated heterocycles. The summed E-state index contributed by atoms with van der Waals surface area (Å²) in [4.78, 5) is 0. The molecule has 0 N–H and O–H groups in total. The van der Waals surface area contributed by atoms with Gasteiger partial charge in [-0.05, 0) is 0 Å². The minimum absolute atomic E-state index is 0. The van der Waals surface area contributed by atoms with Crippen LogP contribution in [0.4, 0.5) is 0 Å². The van der Waals surface area contributed by atoms with Gasteiger partial charge in [0.05, 0.1) is 0 Å². The van der Waals surface area contributed by atoms with E-state index in [-0.39, 0.29) is 51.0 Å². The normalized spacial score (nSPS) is 14.8. The summed E-state index contributed by atoms with van der Waals surface area (Å²) in [6, 6.07) is 0. The second-order valence-corrected chi connectivity index (χ2v) is 3.00. The third-order valence-corrected chi connectivity index (χ3v) is 1.74. The summed E-state index contributed by atoms with van der Waals surface area (Å²) in [6.07, 6.45) is 16.5. The van der Waals surface area contributed by atoms with Crippen LogP contribution in [0.15, 0.2) is 35.5 Å². The molecule has 0 fully saturated rings. The SMILES string of the molecule is CC1=CC[C-]=C1.CC1=CC[C-]=C1.[Cl-].[Cl-].[Zr+4]. The Balaban J connectivity index is -0.000000160. The Morgan fingerprint density at radius 1 is 0.867 bits per heavy atom. The Kier molecular flexibility index (Phi) is 17.3. The third-order valence-electron chi connectivity index (χ3n) is 1.74. The summed E-state index contributed by atoms with van der Waals surface area (Å²) in [6.45, 7) is 4.17.